The highest BCUT2D eigenvalue weighted by atomic mass is 16.2. The highest BCUT2D eigenvalue weighted by molar-refractivity contribution is 5.88. The van der Waals surface area contributed by atoms with Crippen molar-refractivity contribution in [3.05, 3.63) is 35.9 Å². The summed E-state index contributed by atoms with van der Waals surface area (Å²) in [6.45, 7) is 0.282. The van der Waals surface area contributed by atoms with E-state index < -0.39 is 5.91 Å². The molecule has 1 heterocycles. The SMILES string of the molecule is CN[C@@H]1CC[C@]2(CC1c1ccccc1)CN(CC(=O)N(C)CC(N)=O)C(=O)N2. The van der Waals surface area contributed by atoms with Crippen molar-refractivity contribution in [1.82, 2.24) is 20.4 Å². The fraction of sp³-hybridized carbons (Fsp3) is 0.550. The summed E-state index contributed by atoms with van der Waals surface area (Å²) in [5.74, 6) is -0.586. The molecule has 1 saturated carbocycles. The topological polar surface area (TPSA) is 108 Å². The first-order chi connectivity index (χ1) is 13.3. The minimum absolute atomic E-state index is 0.0528. The number of primary amides is 1. The van der Waals surface area contributed by atoms with E-state index in [1.54, 1.807) is 4.90 Å². The van der Waals surface area contributed by atoms with Crippen LogP contribution in [-0.2, 0) is 9.59 Å². The van der Waals surface area contributed by atoms with E-state index in [0.29, 0.717) is 12.6 Å². The van der Waals surface area contributed by atoms with E-state index in [2.05, 4.69) is 22.8 Å². The first kappa shape index (κ1) is 20.1. The van der Waals surface area contributed by atoms with Gasteiger partial charge in [0.15, 0.2) is 0 Å². The lowest BCUT2D eigenvalue weighted by Gasteiger charge is -2.42. The Balaban J connectivity index is 1.70. The van der Waals surface area contributed by atoms with E-state index in [1.165, 1.54) is 17.5 Å². The van der Waals surface area contributed by atoms with Crippen LogP contribution >= 0.6 is 0 Å². The minimum Gasteiger partial charge on any atom is -0.368 e. The average Bonchev–Trinajstić information content (AvgIpc) is 2.96. The molecule has 0 aromatic heterocycles. The Morgan fingerprint density at radius 3 is 2.71 bits per heavy atom. The van der Waals surface area contributed by atoms with Gasteiger partial charge in [0.2, 0.25) is 11.8 Å². The summed E-state index contributed by atoms with van der Waals surface area (Å²) in [6, 6.07) is 10.5. The van der Waals surface area contributed by atoms with E-state index in [0.717, 1.165) is 19.3 Å². The quantitative estimate of drug-likeness (QED) is 0.650. The second kappa shape index (κ2) is 8.18. The maximum absolute atomic E-state index is 12.6. The Morgan fingerprint density at radius 2 is 2.07 bits per heavy atom. The summed E-state index contributed by atoms with van der Waals surface area (Å²) in [7, 11) is 3.49. The highest BCUT2D eigenvalue weighted by Gasteiger charge is 2.48. The summed E-state index contributed by atoms with van der Waals surface area (Å²) >= 11 is 0. The average molecular weight is 387 g/mol. The van der Waals surface area contributed by atoms with Crippen molar-refractivity contribution in [2.45, 2.75) is 36.8 Å². The van der Waals surface area contributed by atoms with E-state index in [9.17, 15) is 14.4 Å². The lowest BCUT2D eigenvalue weighted by molar-refractivity contribution is -0.134. The van der Waals surface area contributed by atoms with Crippen molar-refractivity contribution < 1.29 is 14.4 Å². The molecule has 152 valence electrons. The van der Waals surface area contributed by atoms with Gasteiger partial charge in [0.1, 0.15) is 6.54 Å². The van der Waals surface area contributed by atoms with Crippen LogP contribution in [0.25, 0.3) is 0 Å². The van der Waals surface area contributed by atoms with Crippen molar-refractivity contribution >= 4 is 17.8 Å². The normalized spacial score (nSPS) is 26.9. The fourth-order valence-corrected chi connectivity index (χ4v) is 4.47. The maximum atomic E-state index is 12.6. The van der Waals surface area contributed by atoms with Crippen molar-refractivity contribution in [1.29, 1.82) is 0 Å². The molecule has 3 rings (SSSR count). The van der Waals surface area contributed by atoms with Gasteiger partial charge in [-0.2, -0.15) is 0 Å². The van der Waals surface area contributed by atoms with Crippen molar-refractivity contribution in [3.63, 3.8) is 0 Å². The van der Waals surface area contributed by atoms with Gasteiger partial charge in [-0.1, -0.05) is 30.3 Å². The summed E-state index contributed by atoms with van der Waals surface area (Å²) in [4.78, 5) is 38.7. The number of nitrogens with one attached hydrogen (secondary N) is 2. The second-order valence-corrected chi connectivity index (χ2v) is 7.94. The van der Waals surface area contributed by atoms with Crippen LogP contribution < -0.4 is 16.4 Å². The number of rotatable bonds is 6. The Labute approximate surface area is 165 Å². The lowest BCUT2D eigenvalue weighted by atomic mass is 9.70. The second-order valence-electron chi connectivity index (χ2n) is 7.94. The van der Waals surface area contributed by atoms with Gasteiger partial charge in [-0.25, -0.2) is 4.79 Å². The number of hydrogen-bond donors (Lipinski definition) is 3. The third kappa shape index (κ3) is 4.27. The van der Waals surface area contributed by atoms with Crippen LogP contribution in [0, 0.1) is 0 Å². The van der Waals surface area contributed by atoms with Crippen molar-refractivity contribution in [2.24, 2.45) is 5.73 Å². The molecule has 1 aromatic rings. The predicted molar refractivity (Wildman–Crippen MR) is 106 cm³/mol. The maximum Gasteiger partial charge on any atom is 0.318 e. The molecule has 4 amide bonds. The van der Waals surface area contributed by atoms with E-state index >= 15 is 0 Å². The summed E-state index contributed by atoms with van der Waals surface area (Å²) in [5, 5.41) is 6.56. The van der Waals surface area contributed by atoms with Crippen molar-refractivity contribution in [3.8, 4) is 0 Å². The van der Waals surface area contributed by atoms with Crippen LogP contribution in [0.15, 0.2) is 30.3 Å². The molecule has 2 aliphatic rings. The molecule has 1 aliphatic heterocycles. The third-order valence-electron chi connectivity index (χ3n) is 5.93. The van der Waals surface area contributed by atoms with Gasteiger partial charge in [0.05, 0.1) is 12.1 Å². The molecule has 1 saturated heterocycles. The molecule has 0 radical (unpaired) electrons. The number of benzene rings is 1. The zero-order valence-electron chi connectivity index (χ0n) is 16.5. The van der Waals surface area contributed by atoms with Gasteiger partial charge in [0.25, 0.3) is 0 Å². The largest absolute Gasteiger partial charge is 0.368 e. The molecule has 1 unspecified atom stereocenters. The van der Waals surface area contributed by atoms with Crippen LogP contribution in [0.5, 0.6) is 0 Å². The number of likely N-dealkylation sites (N-methyl/N-ethyl adjacent to an activating group) is 2. The first-order valence-corrected chi connectivity index (χ1v) is 9.65. The number of amides is 4. The van der Waals surface area contributed by atoms with Gasteiger partial charge in [-0.3, -0.25) is 9.59 Å². The summed E-state index contributed by atoms with van der Waals surface area (Å²) < 4.78 is 0. The molecule has 28 heavy (non-hydrogen) atoms. The first-order valence-electron chi connectivity index (χ1n) is 9.65. The number of urea groups is 1. The van der Waals surface area contributed by atoms with Crippen LogP contribution in [0.1, 0.15) is 30.7 Å². The smallest absolute Gasteiger partial charge is 0.318 e. The van der Waals surface area contributed by atoms with Crippen LogP contribution in [0.3, 0.4) is 0 Å². The van der Waals surface area contributed by atoms with Crippen LogP contribution in [0.2, 0.25) is 0 Å². The highest BCUT2D eigenvalue weighted by Crippen LogP contribution is 2.41. The molecule has 8 nitrogen and oxygen atoms in total. The van der Waals surface area contributed by atoms with Gasteiger partial charge in [-0.15, -0.1) is 0 Å². The number of nitrogens with zero attached hydrogens (tertiary/aromatic N) is 2. The van der Waals surface area contributed by atoms with Gasteiger partial charge in [-0.05, 0) is 31.9 Å². The number of hydrogen-bond acceptors (Lipinski definition) is 4. The zero-order valence-corrected chi connectivity index (χ0v) is 16.5. The fourth-order valence-electron chi connectivity index (χ4n) is 4.47. The molecule has 4 N–H and O–H groups in total. The summed E-state index contributed by atoms with van der Waals surface area (Å²) in [5.41, 5.74) is 6.06. The molecule has 1 aliphatic carbocycles. The molecule has 3 atom stereocenters. The Hall–Kier alpha value is -2.61. The monoisotopic (exact) mass is 387 g/mol. The molecule has 1 spiro atoms. The molecule has 8 heteroatoms. The van der Waals surface area contributed by atoms with Gasteiger partial charge in [0, 0.05) is 25.6 Å². The van der Waals surface area contributed by atoms with Crippen LogP contribution in [-0.4, -0.2) is 73.0 Å². The Morgan fingerprint density at radius 1 is 1.36 bits per heavy atom. The molecule has 0 bridgehead atoms. The third-order valence-corrected chi connectivity index (χ3v) is 5.93. The molecule has 2 fully saturated rings. The van der Waals surface area contributed by atoms with Crippen LogP contribution in [0.4, 0.5) is 4.79 Å². The standard InChI is InChI=1S/C20H29N5O3/c1-22-16-8-9-20(10-15(16)14-6-4-3-5-7-14)13-25(19(28)23-20)12-18(27)24(2)11-17(21)26/h3-7,15-16,22H,8-13H2,1-2H3,(H2,21,26)(H,23,28)/t15?,16-,20+/m1/s1. The number of carbonyl (C=O) groups is 3. The minimum atomic E-state index is -0.575. The lowest BCUT2D eigenvalue weighted by Crippen LogP contribution is -2.52. The summed E-state index contributed by atoms with van der Waals surface area (Å²) in [6.07, 6.45) is 2.62. The molecule has 1 aromatic carbocycles. The Kier molecular flexibility index (Phi) is 5.88. The number of nitrogens with two attached hydrogens (primary N) is 1. The van der Waals surface area contributed by atoms with Gasteiger partial charge >= 0.3 is 6.03 Å². The van der Waals surface area contributed by atoms with E-state index in [-0.39, 0.29) is 36.5 Å². The van der Waals surface area contributed by atoms with Crippen molar-refractivity contribution in [2.75, 3.05) is 33.7 Å². The zero-order chi connectivity index (χ0) is 20.3. The molecular formula is C20H29N5O3. The predicted octanol–water partition coefficient (Wildman–Crippen LogP) is 0.250. The number of carbonyl (C=O) groups excluding carboxylic acids is 3. The molecular weight excluding hydrogens is 358 g/mol. The van der Waals surface area contributed by atoms with E-state index in [1.807, 2.05) is 25.2 Å². The Bertz CT molecular complexity index is 741. The van der Waals surface area contributed by atoms with Gasteiger partial charge < -0.3 is 26.2 Å². The van der Waals surface area contributed by atoms with E-state index in [4.69, 9.17) is 5.73 Å².